The van der Waals surface area contributed by atoms with Crippen LogP contribution in [-0.4, -0.2) is 23.1 Å². The average molecular weight is 343 g/mol. The molecule has 5 nitrogen and oxygen atoms in total. The molecule has 0 radical (unpaired) electrons. The number of hydrogen-bond acceptors (Lipinski definition) is 2. The molecular formula is C14H19BrN2O3. The summed E-state index contributed by atoms with van der Waals surface area (Å²) in [6, 6.07) is 6.23. The van der Waals surface area contributed by atoms with Crippen LogP contribution in [-0.2, 0) is 11.3 Å². The quantitative estimate of drug-likeness (QED) is 0.712. The summed E-state index contributed by atoms with van der Waals surface area (Å²) < 4.78 is 0.904. The van der Waals surface area contributed by atoms with Gasteiger partial charge in [-0.15, -0.1) is 0 Å². The second-order valence-corrected chi connectivity index (χ2v) is 5.31. The molecule has 1 rings (SSSR count). The van der Waals surface area contributed by atoms with Crippen LogP contribution in [0.25, 0.3) is 0 Å². The summed E-state index contributed by atoms with van der Waals surface area (Å²) in [5.41, 5.74) is 0.933. The van der Waals surface area contributed by atoms with E-state index in [1.807, 2.05) is 31.2 Å². The highest BCUT2D eigenvalue weighted by atomic mass is 79.9. The molecule has 1 aromatic carbocycles. The number of carbonyl (C=O) groups is 2. The van der Waals surface area contributed by atoms with Gasteiger partial charge in [0.25, 0.3) is 0 Å². The van der Waals surface area contributed by atoms with Gasteiger partial charge in [-0.2, -0.15) is 0 Å². The molecule has 1 atom stereocenters. The van der Waals surface area contributed by atoms with Crippen LogP contribution in [0.15, 0.2) is 28.7 Å². The summed E-state index contributed by atoms with van der Waals surface area (Å²) in [6.45, 7) is 2.32. The highest BCUT2D eigenvalue weighted by Gasteiger charge is 2.18. The zero-order valence-electron chi connectivity index (χ0n) is 11.4. The van der Waals surface area contributed by atoms with E-state index in [-0.39, 0.29) is 0 Å². The van der Waals surface area contributed by atoms with Crippen LogP contribution in [0, 0.1) is 0 Å². The van der Waals surface area contributed by atoms with Gasteiger partial charge in [0.2, 0.25) is 0 Å². The molecule has 20 heavy (non-hydrogen) atoms. The lowest BCUT2D eigenvalue weighted by Gasteiger charge is -2.15. The van der Waals surface area contributed by atoms with Gasteiger partial charge in [-0.1, -0.05) is 53.9 Å². The van der Waals surface area contributed by atoms with Gasteiger partial charge in [-0.25, -0.2) is 9.59 Å². The minimum absolute atomic E-state index is 0.341. The van der Waals surface area contributed by atoms with Gasteiger partial charge >= 0.3 is 12.0 Å². The second-order valence-electron chi connectivity index (χ2n) is 4.45. The number of rotatable bonds is 7. The molecule has 0 heterocycles. The third kappa shape index (κ3) is 5.61. The van der Waals surface area contributed by atoms with Crippen molar-refractivity contribution in [2.75, 3.05) is 0 Å². The Balaban J connectivity index is 2.46. The monoisotopic (exact) mass is 342 g/mol. The smallest absolute Gasteiger partial charge is 0.326 e. The molecule has 0 bridgehead atoms. The topological polar surface area (TPSA) is 78.4 Å². The number of carbonyl (C=O) groups excluding carboxylic acids is 1. The van der Waals surface area contributed by atoms with Crippen molar-refractivity contribution in [3.05, 3.63) is 34.3 Å². The Bertz CT molecular complexity index is 465. The Morgan fingerprint density at radius 2 is 2.05 bits per heavy atom. The molecule has 0 fully saturated rings. The van der Waals surface area contributed by atoms with Gasteiger partial charge in [0.05, 0.1) is 0 Å². The Morgan fingerprint density at radius 1 is 1.35 bits per heavy atom. The van der Waals surface area contributed by atoms with Crippen molar-refractivity contribution in [2.45, 2.75) is 38.8 Å². The molecule has 0 unspecified atom stereocenters. The highest BCUT2D eigenvalue weighted by molar-refractivity contribution is 9.10. The third-order valence-corrected chi connectivity index (χ3v) is 3.62. The summed E-state index contributed by atoms with van der Waals surface area (Å²) in [6.07, 6.45) is 2.10. The number of hydrogen-bond donors (Lipinski definition) is 3. The molecule has 110 valence electrons. The van der Waals surface area contributed by atoms with E-state index >= 15 is 0 Å². The van der Waals surface area contributed by atoms with Crippen molar-refractivity contribution in [3.8, 4) is 0 Å². The Hall–Kier alpha value is -1.56. The number of carboxylic acids is 1. The second kappa shape index (κ2) is 8.58. The van der Waals surface area contributed by atoms with Gasteiger partial charge < -0.3 is 15.7 Å². The lowest BCUT2D eigenvalue weighted by molar-refractivity contribution is -0.139. The minimum Gasteiger partial charge on any atom is -0.480 e. The Labute approximate surface area is 126 Å². The molecule has 0 saturated carbocycles. The lowest BCUT2D eigenvalue weighted by atomic mass is 10.1. The Morgan fingerprint density at radius 3 is 2.65 bits per heavy atom. The summed E-state index contributed by atoms with van der Waals surface area (Å²) in [5.74, 6) is -1.01. The molecule has 0 saturated heterocycles. The predicted molar refractivity (Wildman–Crippen MR) is 80.5 cm³/mol. The summed E-state index contributed by atoms with van der Waals surface area (Å²) in [7, 11) is 0. The fourth-order valence-corrected chi connectivity index (χ4v) is 2.12. The first-order valence-corrected chi connectivity index (χ1v) is 7.34. The standard InChI is InChI=1S/C14H19BrN2O3/c1-2-3-8-12(13(18)19)17-14(20)16-9-10-6-4-5-7-11(10)15/h4-7,12H,2-3,8-9H2,1H3,(H,18,19)(H2,16,17,20)/t12-/m0/s1. The zero-order valence-corrected chi connectivity index (χ0v) is 12.9. The van der Waals surface area contributed by atoms with Crippen molar-refractivity contribution < 1.29 is 14.7 Å². The van der Waals surface area contributed by atoms with Crippen molar-refractivity contribution >= 4 is 27.9 Å². The number of halogens is 1. The van der Waals surface area contributed by atoms with Crippen LogP contribution >= 0.6 is 15.9 Å². The fourth-order valence-electron chi connectivity index (χ4n) is 1.69. The van der Waals surface area contributed by atoms with Gasteiger partial charge in [0, 0.05) is 11.0 Å². The summed E-state index contributed by atoms with van der Waals surface area (Å²) in [5, 5.41) is 14.2. The number of amides is 2. The van der Waals surface area contributed by atoms with Crippen molar-refractivity contribution in [2.24, 2.45) is 0 Å². The molecule has 0 aliphatic carbocycles. The molecule has 0 spiro atoms. The number of aliphatic carboxylic acids is 1. The normalized spacial score (nSPS) is 11.7. The maximum Gasteiger partial charge on any atom is 0.326 e. The summed E-state index contributed by atoms with van der Waals surface area (Å²) >= 11 is 3.39. The molecule has 0 aliphatic rings. The van der Waals surface area contributed by atoms with E-state index in [2.05, 4.69) is 26.6 Å². The number of unbranched alkanes of at least 4 members (excludes halogenated alkanes) is 1. The molecule has 0 aliphatic heterocycles. The molecule has 6 heteroatoms. The number of carboxylic acid groups (broad SMARTS) is 1. The van der Waals surface area contributed by atoms with E-state index in [4.69, 9.17) is 5.11 Å². The number of nitrogens with one attached hydrogen (secondary N) is 2. The molecular weight excluding hydrogens is 324 g/mol. The maximum absolute atomic E-state index is 11.7. The first-order chi connectivity index (χ1) is 9.54. The molecule has 1 aromatic rings. The van der Waals surface area contributed by atoms with Crippen molar-refractivity contribution in [1.82, 2.24) is 10.6 Å². The van der Waals surface area contributed by atoms with Gasteiger partial charge in [0.15, 0.2) is 0 Å². The number of benzene rings is 1. The molecule has 0 aromatic heterocycles. The van der Waals surface area contributed by atoms with E-state index in [1.165, 1.54) is 0 Å². The first kappa shape index (κ1) is 16.5. The van der Waals surface area contributed by atoms with Gasteiger partial charge in [-0.3, -0.25) is 0 Å². The van der Waals surface area contributed by atoms with Gasteiger partial charge in [-0.05, 0) is 18.1 Å². The van der Waals surface area contributed by atoms with Crippen LogP contribution in [0.2, 0.25) is 0 Å². The average Bonchev–Trinajstić information content (AvgIpc) is 2.42. The van der Waals surface area contributed by atoms with E-state index in [0.29, 0.717) is 13.0 Å². The third-order valence-electron chi connectivity index (χ3n) is 2.85. The van der Waals surface area contributed by atoms with E-state index in [1.54, 1.807) is 0 Å². The van der Waals surface area contributed by atoms with E-state index in [9.17, 15) is 9.59 Å². The molecule has 3 N–H and O–H groups in total. The maximum atomic E-state index is 11.7. The SMILES string of the molecule is CCCC[C@H](NC(=O)NCc1ccccc1Br)C(=O)O. The minimum atomic E-state index is -1.01. The van der Waals surface area contributed by atoms with E-state index in [0.717, 1.165) is 22.9 Å². The van der Waals surface area contributed by atoms with Gasteiger partial charge in [0.1, 0.15) is 6.04 Å². The lowest BCUT2D eigenvalue weighted by Crippen LogP contribution is -2.45. The first-order valence-electron chi connectivity index (χ1n) is 6.55. The van der Waals surface area contributed by atoms with Crippen LogP contribution in [0.4, 0.5) is 4.79 Å². The van der Waals surface area contributed by atoms with Crippen molar-refractivity contribution in [1.29, 1.82) is 0 Å². The van der Waals surface area contributed by atoms with Crippen LogP contribution in [0.3, 0.4) is 0 Å². The predicted octanol–water partition coefficient (Wildman–Crippen LogP) is 2.89. The van der Waals surface area contributed by atoms with Crippen molar-refractivity contribution in [3.63, 3.8) is 0 Å². The Kier molecular flexibility index (Phi) is 7.08. The fraction of sp³-hybridized carbons (Fsp3) is 0.429. The highest BCUT2D eigenvalue weighted by Crippen LogP contribution is 2.15. The van der Waals surface area contributed by atoms with E-state index < -0.39 is 18.0 Å². The molecule has 2 amide bonds. The largest absolute Gasteiger partial charge is 0.480 e. The zero-order chi connectivity index (χ0) is 15.0. The van der Waals surface area contributed by atoms with Crippen LogP contribution in [0.5, 0.6) is 0 Å². The summed E-state index contributed by atoms with van der Waals surface area (Å²) in [4.78, 5) is 22.7. The number of urea groups is 1. The van der Waals surface area contributed by atoms with Crippen LogP contribution < -0.4 is 10.6 Å². The van der Waals surface area contributed by atoms with Crippen LogP contribution in [0.1, 0.15) is 31.7 Å².